The van der Waals surface area contributed by atoms with E-state index in [0.29, 0.717) is 18.6 Å². The number of halogens is 1. The highest BCUT2D eigenvalue weighted by Crippen LogP contribution is 2.35. The zero-order valence-corrected chi connectivity index (χ0v) is 10.9. The Kier molecular flexibility index (Phi) is 3.47. The van der Waals surface area contributed by atoms with Crippen LogP contribution in [-0.2, 0) is 9.59 Å². The number of hydrogen-bond donors (Lipinski definition) is 1. The molecule has 0 atom stereocenters. The molecule has 4 nitrogen and oxygen atoms in total. The van der Waals surface area contributed by atoms with Crippen LogP contribution < -0.4 is 10.1 Å². The number of methoxy groups -OCH3 is 1. The van der Waals surface area contributed by atoms with Gasteiger partial charge in [-0.05, 0) is 23.8 Å². The standard InChI is InChI=1S/C12H12BrNO3/c1-17-10-3-2-8(13)6-9(10)7-4-11(15)14-12(16)5-7/h2-3,6-7H,4-5H2,1H3,(H,14,15,16). The molecular weight excluding hydrogens is 286 g/mol. The Bertz CT molecular complexity index is 457. The zero-order chi connectivity index (χ0) is 12.4. The SMILES string of the molecule is COc1ccc(Br)cc1C1CC(=O)NC(=O)C1. The molecule has 17 heavy (non-hydrogen) atoms. The Morgan fingerprint density at radius 2 is 1.94 bits per heavy atom. The van der Waals surface area contributed by atoms with E-state index in [4.69, 9.17) is 4.74 Å². The van der Waals surface area contributed by atoms with Crippen molar-refractivity contribution in [3.63, 3.8) is 0 Å². The lowest BCUT2D eigenvalue weighted by molar-refractivity contribution is -0.133. The molecule has 0 saturated carbocycles. The van der Waals surface area contributed by atoms with Crippen LogP contribution in [0.25, 0.3) is 0 Å². The molecule has 1 aromatic rings. The van der Waals surface area contributed by atoms with Gasteiger partial charge in [-0.1, -0.05) is 15.9 Å². The van der Waals surface area contributed by atoms with Crippen LogP contribution in [0.5, 0.6) is 5.75 Å². The molecule has 1 aliphatic heterocycles. The smallest absolute Gasteiger partial charge is 0.227 e. The summed E-state index contributed by atoms with van der Waals surface area (Å²) in [6, 6.07) is 5.60. The van der Waals surface area contributed by atoms with Gasteiger partial charge in [-0.15, -0.1) is 0 Å². The molecule has 2 rings (SSSR count). The Morgan fingerprint density at radius 1 is 1.29 bits per heavy atom. The minimum Gasteiger partial charge on any atom is -0.496 e. The number of imide groups is 1. The summed E-state index contributed by atoms with van der Waals surface area (Å²) in [4.78, 5) is 22.7. The van der Waals surface area contributed by atoms with Crippen molar-refractivity contribution < 1.29 is 14.3 Å². The van der Waals surface area contributed by atoms with Crippen LogP contribution in [0.15, 0.2) is 22.7 Å². The van der Waals surface area contributed by atoms with Crippen molar-refractivity contribution in [3.8, 4) is 5.75 Å². The van der Waals surface area contributed by atoms with Crippen molar-refractivity contribution in [3.05, 3.63) is 28.2 Å². The molecular formula is C12H12BrNO3. The van der Waals surface area contributed by atoms with Gasteiger partial charge >= 0.3 is 0 Å². The second kappa shape index (κ2) is 4.87. The van der Waals surface area contributed by atoms with Crippen molar-refractivity contribution in [2.24, 2.45) is 0 Å². The van der Waals surface area contributed by atoms with Gasteiger partial charge in [-0.25, -0.2) is 0 Å². The van der Waals surface area contributed by atoms with E-state index < -0.39 is 0 Å². The number of piperidine rings is 1. The molecule has 2 amide bonds. The van der Waals surface area contributed by atoms with Crippen LogP contribution in [0.2, 0.25) is 0 Å². The van der Waals surface area contributed by atoms with E-state index in [9.17, 15) is 9.59 Å². The molecule has 0 aliphatic carbocycles. The van der Waals surface area contributed by atoms with E-state index in [1.807, 2.05) is 18.2 Å². The number of nitrogens with one attached hydrogen (secondary N) is 1. The minimum absolute atomic E-state index is 0.108. The lowest BCUT2D eigenvalue weighted by Gasteiger charge is -2.23. The topological polar surface area (TPSA) is 55.4 Å². The maximum Gasteiger partial charge on any atom is 0.227 e. The van der Waals surface area contributed by atoms with Crippen molar-refractivity contribution in [1.29, 1.82) is 0 Å². The third-order valence-electron chi connectivity index (χ3n) is 2.77. The van der Waals surface area contributed by atoms with Gasteiger partial charge in [0.1, 0.15) is 5.75 Å². The fraction of sp³-hybridized carbons (Fsp3) is 0.333. The second-order valence-electron chi connectivity index (χ2n) is 3.96. The Balaban J connectivity index is 2.35. The van der Waals surface area contributed by atoms with Gasteiger partial charge in [-0.3, -0.25) is 14.9 Å². The molecule has 0 spiro atoms. The molecule has 1 saturated heterocycles. The molecule has 90 valence electrons. The number of ether oxygens (including phenoxy) is 1. The van der Waals surface area contributed by atoms with Crippen molar-refractivity contribution in [2.45, 2.75) is 18.8 Å². The molecule has 0 unspecified atom stereocenters. The van der Waals surface area contributed by atoms with Gasteiger partial charge in [0.25, 0.3) is 0 Å². The number of amides is 2. The average Bonchev–Trinajstić information content (AvgIpc) is 2.27. The Labute approximate surface area is 107 Å². The molecule has 5 heteroatoms. The second-order valence-corrected chi connectivity index (χ2v) is 4.88. The molecule has 0 aromatic heterocycles. The fourth-order valence-electron chi connectivity index (χ4n) is 2.02. The summed E-state index contributed by atoms with van der Waals surface area (Å²) in [6.07, 6.45) is 0.636. The average molecular weight is 298 g/mol. The number of carbonyl (C=O) groups is 2. The normalized spacial score (nSPS) is 16.8. The van der Waals surface area contributed by atoms with E-state index in [-0.39, 0.29) is 17.7 Å². The van der Waals surface area contributed by atoms with E-state index in [1.54, 1.807) is 7.11 Å². The summed E-state index contributed by atoms with van der Waals surface area (Å²) >= 11 is 3.38. The van der Waals surface area contributed by atoms with Gasteiger partial charge < -0.3 is 4.74 Å². The maximum atomic E-state index is 11.4. The van der Waals surface area contributed by atoms with E-state index in [2.05, 4.69) is 21.2 Å². The Morgan fingerprint density at radius 3 is 2.53 bits per heavy atom. The quantitative estimate of drug-likeness (QED) is 0.849. The van der Waals surface area contributed by atoms with Crippen molar-refractivity contribution >= 4 is 27.7 Å². The van der Waals surface area contributed by atoms with Crippen molar-refractivity contribution in [1.82, 2.24) is 5.32 Å². The van der Waals surface area contributed by atoms with Gasteiger partial charge in [0.05, 0.1) is 7.11 Å². The first-order valence-corrected chi connectivity index (χ1v) is 6.05. The first kappa shape index (κ1) is 12.1. The lowest BCUT2D eigenvalue weighted by atomic mass is 9.89. The summed E-state index contributed by atoms with van der Waals surface area (Å²) in [7, 11) is 1.58. The largest absolute Gasteiger partial charge is 0.496 e. The van der Waals surface area contributed by atoms with Gasteiger partial charge in [0, 0.05) is 23.2 Å². The molecule has 0 bridgehead atoms. The molecule has 0 radical (unpaired) electrons. The van der Waals surface area contributed by atoms with E-state index in [0.717, 1.165) is 10.0 Å². The fourth-order valence-corrected chi connectivity index (χ4v) is 2.40. The summed E-state index contributed by atoms with van der Waals surface area (Å²) < 4.78 is 6.17. The zero-order valence-electron chi connectivity index (χ0n) is 9.33. The molecule has 1 fully saturated rings. The molecule has 1 N–H and O–H groups in total. The van der Waals surface area contributed by atoms with Gasteiger partial charge in [0.2, 0.25) is 11.8 Å². The van der Waals surface area contributed by atoms with Crippen LogP contribution >= 0.6 is 15.9 Å². The highest BCUT2D eigenvalue weighted by Gasteiger charge is 2.28. The van der Waals surface area contributed by atoms with Gasteiger partial charge in [-0.2, -0.15) is 0 Å². The summed E-state index contributed by atoms with van der Waals surface area (Å²) in [5.41, 5.74) is 0.894. The molecule has 1 aliphatic rings. The monoisotopic (exact) mass is 297 g/mol. The summed E-state index contributed by atoms with van der Waals surface area (Å²) in [5, 5.41) is 2.30. The molecule has 1 heterocycles. The number of benzene rings is 1. The first-order valence-electron chi connectivity index (χ1n) is 5.26. The number of rotatable bonds is 2. The third kappa shape index (κ3) is 2.66. The number of carbonyl (C=O) groups excluding carboxylic acids is 2. The molecule has 1 aromatic carbocycles. The first-order chi connectivity index (χ1) is 8.10. The third-order valence-corrected chi connectivity index (χ3v) is 3.27. The van der Waals surface area contributed by atoms with Crippen LogP contribution in [0.3, 0.4) is 0 Å². The Hall–Kier alpha value is -1.36. The maximum absolute atomic E-state index is 11.4. The summed E-state index contributed by atoms with van der Waals surface area (Å²) in [6.45, 7) is 0. The minimum atomic E-state index is -0.228. The van der Waals surface area contributed by atoms with Crippen LogP contribution in [0.4, 0.5) is 0 Å². The van der Waals surface area contributed by atoms with Gasteiger partial charge in [0.15, 0.2) is 0 Å². The highest BCUT2D eigenvalue weighted by atomic mass is 79.9. The van der Waals surface area contributed by atoms with Crippen LogP contribution in [0.1, 0.15) is 24.3 Å². The van der Waals surface area contributed by atoms with E-state index in [1.165, 1.54) is 0 Å². The van der Waals surface area contributed by atoms with Crippen LogP contribution in [-0.4, -0.2) is 18.9 Å². The van der Waals surface area contributed by atoms with Crippen molar-refractivity contribution in [2.75, 3.05) is 7.11 Å². The number of hydrogen-bond acceptors (Lipinski definition) is 3. The predicted octanol–water partition coefficient (Wildman–Crippen LogP) is 1.98. The highest BCUT2D eigenvalue weighted by molar-refractivity contribution is 9.10. The van der Waals surface area contributed by atoms with E-state index >= 15 is 0 Å². The summed E-state index contributed by atoms with van der Waals surface area (Å²) in [5.74, 6) is 0.144. The predicted molar refractivity (Wildman–Crippen MR) is 65.8 cm³/mol. The lowest BCUT2D eigenvalue weighted by Crippen LogP contribution is -2.37. The van der Waals surface area contributed by atoms with Crippen LogP contribution in [0, 0.1) is 0 Å².